The zero-order valence-electron chi connectivity index (χ0n) is 13.5. The summed E-state index contributed by atoms with van der Waals surface area (Å²) in [5.41, 5.74) is 0.943. The van der Waals surface area contributed by atoms with Gasteiger partial charge in [0.1, 0.15) is 5.78 Å². The van der Waals surface area contributed by atoms with E-state index in [4.69, 9.17) is 9.47 Å². The maximum absolute atomic E-state index is 12.3. The van der Waals surface area contributed by atoms with Gasteiger partial charge in [-0.15, -0.1) is 0 Å². The molecule has 122 valence electrons. The number of hydrogen-bond acceptors (Lipinski definition) is 5. The highest BCUT2D eigenvalue weighted by Gasteiger charge is 2.65. The number of ether oxygens (including phenoxy) is 2. The van der Waals surface area contributed by atoms with Gasteiger partial charge in [-0.25, -0.2) is 0 Å². The summed E-state index contributed by atoms with van der Waals surface area (Å²) < 4.78 is 11.1. The fourth-order valence-electron chi connectivity index (χ4n) is 5.43. The Kier molecular flexibility index (Phi) is 2.45. The third-order valence-corrected chi connectivity index (χ3v) is 6.69. The van der Waals surface area contributed by atoms with Gasteiger partial charge in [0.25, 0.3) is 0 Å². The van der Waals surface area contributed by atoms with Crippen molar-refractivity contribution in [3.8, 4) is 17.2 Å². The van der Waals surface area contributed by atoms with E-state index in [1.165, 1.54) is 5.56 Å². The highest BCUT2D eigenvalue weighted by atomic mass is 16.6. The highest BCUT2D eigenvalue weighted by Crippen LogP contribution is 2.65. The molecule has 2 heterocycles. The first-order valence-electron chi connectivity index (χ1n) is 8.37. The molecule has 1 saturated carbocycles. The Balaban J connectivity index is 1.79. The zero-order chi connectivity index (χ0) is 16.0. The molecule has 0 amide bonds. The van der Waals surface area contributed by atoms with Crippen LogP contribution in [0.25, 0.3) is 0 Å². The Morgan fingerprint density at radius 3 is 3.00 bits per heavy atom. The summed E-state index contributed by atoms with van der Waals surface area (Å²) >= 11 is 0. The number of methoxy groups -OCH3 is 1. The second-order valence-corrected chi connectivity index (χ2v) is 7.54. The van der Waals surface area contributed by atoms with E-state index in [-0.39, 0.29) is 11.8 Å². The smallest absolute Gasteiger partial charge is 0.212 e. The lowest BCUT2D eigenvalue weighted by Crippen LogP contribution is -2.72. The van der Waals surface area contributed by atoms with Crippen molar-refractivity contribution >= 4 is 5.78 Å². The lowest BCUT2D eigenvalue weighted by Gasteiger charge is -2.62. The van der Waals surface area contributed by atoms with E-state index in [9.17, 15) is 9.90 Å². The molecule has 5 heteroatoms. The molecule has 0 spiro atoms. The largest absolute Gasteiger partial charge is 0.493 e. The van der Waals surface area contributed by atoms with Crippen LogP contribution in [0.15, 0.2) is 6.07 Å². The van der Waals surface area contributed by atoms with E-state index in [1.54, 1.807) is 7.11 Å². The zero-order valence-corrected chi connectivity index (χ0v) is 13.5. The number of benzene rings is 1. The predicted octanol–water partition coefficient (Wildman–Crippen LogP) is 1.78. The first kappa shape index (κ1) is 13.8. The lowest BCUT2D eigenvalue weighted by atomic mass is 9.49. The Hall–Kier alpha value is -1.59. The molecule has 4 aliphatic rings. The average Bonchev–Trinajstić information content (AvgIpc) is 3.31. The van der Waals surface area contributed by atoms with Gasteiger partial charge in [-0.05, 0) is 44.5 Å². The van der Waals surface area contributed by atoms with Crippen LogP contribution in [-0.4, -0.2) is 48.1 Å². The second kappa shape index (κ2) is 4.08. The molecule has 2 fully saturated rings. The quantitative estimate of drug-likeness (QED) is 0.813. The van der Waals surface area contributed by atoms with Crippen molar-refractivity contribution in [1.29, 1.82) is 0 Å². The molecular weight excluding hydrogens is 294 g/mol. The summed E-state index contributed by atoms with van der Waals surface area (Å²) in [6, 6.07) is 2.07. The third kappa shape index (κ3) is 1.48. The molecule has 5 rings (SSSR count). The number of carbonyl (C=O) groups excluding carboxylic acids is 1. The van der Waals surface area contributed by atoms with Crippen LogP contribution in [0.5, 0.6) is 17.2 Å². The maximum atomic E-state index is 12.3. The van der Waals surface area contributed by atoms with Gasteiger partial charge in [-0.3, -0.25) is 4.79 Å². The van der Waals surface area contributed by atoms with Crippen molar-refractivity contribution in [3.05, 3.63) is 17.2 Å². The number of fused-ring (bicyclic) bond motifs is 3. The Morgan fingerprint density at radius 1 is 1.39 bits per heavy atom. The molecule has 2 bridgehead atoms. The lowest BCUT2D eigenvalue weighted by molar-refractivity contribution is -0.168. The van der Waals surface area contributed by atoms with Crippen molar-refractivity contribution in [2.45, 2.75) is 49.2 Å². The van der Waals surface area contributed by atoms with Gasteiger partial charge in [-0.2, -0.15) is 0 Å². The van der Waals surface area contributed by atoms with E-state index >= 15 is 0 Å². The first-order valence-corrected chi connectivity index (χ1v) is 8.37. The molecule has 23 heavy (non-hydrogen) atoms. The molecule has 0 radical (unpaired) electrons. The molecule has 2 aliphatic carbocycles. The van der Waals surface area contributed by atoms with Gasteiger partial charge in [0.05, 0.1) is 12.7 Å². The van der Waals surface area contributed by atoms with E-state index in [2.05, 4.69) is 11.9 Å². The van der Waals surface area contributed by atoms with E-state index < -0.39 is 11.0 Å². The molecule has 1 aromatic rings. The molecule has 1 aromatic carbocycles. The molecule has 3 atom stereocenters. The summed E-state index contributed by atoms with van der Waals surface area (Å²) in [6.07, 6.45) is 3.06. The van der Waals surface area contributed by atoms with Crippen LogP contribution >= 0.6 is 0 Å². The second-order valence-electron chi connectivity index (χ2n) is 7.54. The van der Waals surface area contributed by atoms with Crippen LogP contribution in [0.4, 0.5) is 0 Å². The number of aliphatic hydroxyl groups is 1. The topological polar surface area (TPSA) is 62.3 Å². The van der Waals surface area contributed by atoms with Crippen molar-refractivity contribution in [2.24, 2.45) is 0 Å². The van der Waals surface area contributed by atoms with Crippen LogP contribution in [0, 0.1) is 0 Å². The Morgan fingerprint density at radius 2 is 2.22 bits per heavy atom. The van der Waals surface area contributed by atoms with Crippen LogP contribution in [0.1, 0.15) is 36.8 Å². The number of piperidine rings is 1. The molecule has 0 unspecified atom stereocenters. The van der Waals surface area contributed by atoms with E-state index in [0.29, 0.717) is 19.3 Å². The highest BCUT2D eigenvalue weighted by molar-refractivity contribution is 5.83. The van der Waals surface area contributed by atoms with Gasteiger partial charge in [0.2, 0.25) is 5.75 Å². The van der Waals surface area contributed by atoms with Gasteiger partial charge in [0.15, 0.2) is 11.5 Å². The summed E-state index contributed by atoms with van der Waals surface area (Å²) in [6.45, 7) is 0.903. The SMILES string of the molecule is COc1cc2c(c3c1O3)C[C@H]1N(C)CC[C@@]23CC(=O)CC[C@@]13O. The first-order chi connectivity index (χ1) is 11.0. The molecule has 5 nitrogen and oxygen atoms in total. The number of likely N-dealkylation sites (tertiary alicyclic amines) is 1. The van der Waals surface area contributed by atoms with Gasteiger partial charge in [0, 0.05) is 29.9 Å². The van der Waals surface area contributed by atoms with Crippen LogP contribution in [-0.2, 0) is 16.6 Å². The molecule has 0 aromatic heterocycles. The number of likely N-dealkylation sites (N-methyl/N-ethyl adjacent to an activating group) is 1. The average molecular weight is 315 g/mol. The van der Waals surface area contributed by atoms with Crippen molar-refractivity contribution in [2.75, 3.05) is 20.7 Å². The van der Waals surface area contributed by atoms with Crippen LogP contribution in [0.2, 0.25) is 0 Å². The molecule has 2 aliphatic heterocycles. The fourth-order valence-corrected chi connectivity index (χ4v) is 5.43. The summed E-state index contributed by atoms with van der Waals surface area (Å²) in [5.74, 6) is 2.73. The Labute approximate surface area is 135 Å². The molecular formula is C18H21NO4. The van der Waals surface area contributed by atoms with Crippen molar-refractivity contribution in [1.82, 2.24) is 4.90 Å². The predicted molar refractivity (Wildman–Crippen MR) is 83.3 cm³/mol. The standard InChI is InChI=1S/C18H21NO4/c1-19-6-5-17-9-10(20)3-4-18(17,21)14(19)7-11-12(17)8-13(22-2)16-15(11)23-16/h8,14,21H,3-7,9H2,1-2H3/t14-,17-,18-/m1/s1. The van der Waals surface area contributed by atoms with Crippen LogP contribution in [0.3, 0.4) is 0 Å². The normalized spacial score (nSPS) is 37.3. The van der Waals surface area contributed by atoms with E-state index in [0.717, 1.165) is 42.2 Å². The fraction of sp³-hybridized carbons (Fsp3) is 0.611. The number of ketones is 1. The number of hydrogen-bond donors (Lipinski definition) is 1. The molecule has 1 saturated heterocycles. The number of Topliss-reactive ketones (excluding diaryl/α,β-unsaturated/α-hetero) is 1. The minimum Gasteiger partial charge on any atom is -0.493 e. The summed E-state index contributed by atoms with van der Waals surface area (Å²) in [4.78, 5) is 14.6. The Bertz CT molecular complexity index is 745. The number of rotatable bonds is 1. The van der Waals surface area contributed by atoms with Gasteiger partial charge < -0.3 is 19.5 Å². The minimum atomic E-state index is -0.838. The summed E-state index contributed by atoms with van der Waals surface area (Å²) in [7, 11) is 3.72. The van der Waals surface area contributed by atoms with Crippen molar-refractivity contribution in [3.63, 3.8) is 0 Å². The van der Waals surface area contributed by atoms with E-state index in [1.807, 2.05) is 6.07 Å². The number of carbonyl (C=O) groups is 1. The third-order valence-electron chi connectivity index (χ3n) is 6.69. The number of nitrogens with zero attached hydrogens (tertiary/aromatic N) is 1. The summed E-state index contributed by atoms with van der Waals surface area (Å²) in [5, 5.41) is 11.7. The van der Waals surface area contributed by atoms with Crippen LogP contribution < -0.4 is 9.47 Å². The minimum absolute atomic E-state index is 0.0542. The van der Waals surface area contributed by atoms with Gasteiger partial charge in [-0.1, -0.05) is 0 Å². The van der Waals surface area contributed by atoms with Crippen molar-refractivity contribution < 1.29 is 19.4 Å². The monoisotopic (exact) mass is 315 g/mol. The maximum Gasteiger partial charge on any atom is 0.212 e. The van der Waals surface area contributed by atoms with Gasteiger partial charge >= 0.3 is 0 Å². The molecule has 1 N–H and O–H groups in total.